The zero-order valence-corrected chi connectivity index (χ0v) is 12.6. The minimum absolute atomic E-state index is 0.968. The second-order valence-corrected chi connectivity index (χ2v) is 5.54. The molecule has 2 aliphatic rings. The Bertz CT molecular complexity index is 628. The molecule has 1 aromatic rings. The molecule has 1 heterocycles. The van der Waals surface area contributed by atoms with Crippen molar-refractivity contribution in [1.29, 1.82) is 0 Å². The van der Waals surface area contributed by atoms with Gasteiger partial charge in [0.15, 0.2) is 0 Å². The third-order valence-electron chi connectivity index (χ3n) is 2.87. The lowest BCUT2D eigenvalue weighted by molar-refractivity contribution is 1.33. The van der Waals surface area contributed by atoms with Gasteiger partial charge in [-0.2, -0.15) is 0 Å². The molecule has 0 aliphatic heterocycles. The Balaban J connectivity index is 2.35. The number of hydrogen-bond acceptors (Lipinski definition) is 1. The molecule has 0 saturated carbocycles. The highest BCUT2D eigenvalue weighted by Crippen LogP contribution is 2.47. The second kappa shape index (κ2) is 4.82. The van der Waals surface area contributed by atoms with E-state index < -0.39 is 0 Å². The van der Waals surface area contributed by atoms with Crippen LogP contribution in [0, 0.1) is 0 Å². The summed E-state index contributed by atoms with van der Waals surface area (Å²) >= 11 is 7.38. The molecule has 3 rings (SSSR count). The predicted molar refractivity (Wildman–Crippen MR) is 81.7 cm³/mol. The largest absolute Gasteiger partial charge is 0.256 e. The highest BCUT2D eigenvalue weighted by atomic mass is 79.9. The van der Waals surface area contributed by atoms with Gasteiger partial charge in [0.05, 0.1) is 5.69 Å². The van der Waals surface area contributed by atoms with Crippen LogP contribution in [0.4, 0.5) is 0 Å². The van der Waals surface area contributed by atoms with E-state index in [1.165, 1.54) is 11.1 Å². The summed E-state index contributed by atoms with van der Waals surface area (Å²) in [6, 6.07) is 16.3. The van der Waals surface area contributed by atoms with E-state index in [-0.39, 0.29) is 0 Å². The Kier molecular flexibility index (Phi) is 3.18. The molecule has 0 bridgehead atoms. The lowest BCUT2D eigenvalue weighted by atomic mass is 10.2. The maximum atomic E-state index is 4.42. The molecule has 0 amide bonds. The van der Waals surface area contributed by atoms with Gasteiger partial charge < -0.3 is 0 Å². The van der Waals surface area contributed by atoms with Crippen LogP contribution in [-0.4, -0.2) is 4.98 Å². The number of halogens is 2. The minimum atomic E-state index is 0.968. The predicted octanol–water partition coefficient (Wildman–Crippen LogP) is 5.38. The van der Waals surface area contributed by atoms with Crippen molar-refractivity contribution in [2.45, 2.75) is 0 Å². The molecule has 0 fully saturated rings. The van der Waals surface area contributed by atoms with Crippen LogP contribution in [0.25, 0.3) is 22.4 Å². The molecule has 0 aromatic carbocycles. The minimum Gasteiger partial charge on any atom is -0.256 e. The van der Waals surface area contributed by atoms with Gasteiger partial charge in [-0.1, -0.05) is 36.4 Å². The second-order valence-electron chi connectivity index (χ2n) is 3.96. The summed E-state index contributed by atoms with van der Waals surface area (Å²) in [4.78, 5) is 4.42. The van der Waals surface area contributed by atoms with Crippen LogP contribution < -0.4 is 0 Å². The first-order valence-corrected chi connectivity index (χ1v) is 7.15. The molecule has 0 spiro atoms. The van der Waals surface area contributed by atoms with Crippen LogP contribution in [0.2, 0.25) is 0 Å². The van der Waals surface area contributed by atoms with E-state index in [2.05, 4.69) is 49.0 Å². The first-order chi connectivity index (χ1) is 8.79. The van der Waals surface area contributed by atoms with Crippen LogP contribution in [0.1, 0.15) is 0 Å². The molecule has 0 atom stereocenters. The third kappa shape index (κ3) is 1.88. The van der Waals surface area contributed by atoms with Crippen LogP contribution in [0.5, 0.6) is 0 Å². The van der Waals surface area contributed by atoms with Gasteiger partial charge >= 0.3 is 0 Å². The molecule has 0 saturated heterocycles. The van der Waals surface area contributed by atoms with E-state index in [4.69, 9.17) is 0 Å². The molecular formula is C15H9Br2N. The topological polar surface area (TPSA) is 12.9 Å². The summed E-state index contributed by atoms with van der Waals surface area (Å²) in [7, 11) is 0. The summed E-state index contributed by atoms with van der Waals surface area (Å²) in [5.41, 5.74) is 4.45. The van der Waals surface area contributed by atoms with Crippen molar-refractivity contribution < 1.29 is 0 Å². The Hall–Kier alpha value is -1.19. The quantitative estimate of drug-likeness (QED) is 0.566. The lowest BCUT2D eigenvalue weighted by Crippen LogP contribution is -1.80. The molecule has 2 aliphatic carbocycles. The van der Waals surface area contributed by atoms with Crippen molar-refractivity contribution in [2.75, 3.05) is 0 Å². The third-order valence-corrected chi connectivity index (χ3v) is 4.52. The van der Waals surface area contributed by atoms with E-state index in [0.29, 0.717) is 0 Å². The summed E-state index contributed by atoms with van der Waals surface area (Å²) in [6.45, 7) is 0. The number of aromatic nitrogens is 1. The molecular weight excluding hydrogens is 354 g/mol. The van der Waals surface area contributed by atoms with Crippen molar-refractivity contribution in [1.82, 2.24) is 4.98 Å². The van der Waals surface area contributed by atoms with E-state index in [0.717, 1.165) is 20.2 Å². The molecule has 3 heteroatoms. The monoisotopic (exact) mass is 361 g/mol. The van der Waals surface area contributed by atoms with Gasteiger partial charge in [-0.15, -0.1) is 0 Å². The van der Waals surface area contributed by atoms with Crippen LogP contribution in [0.3, 0.4) is 0 Å². The van der Waals surface area contributed by atoms with Crippen LogP contribution in [-0.2, 0) is 0 Å². The highest BCUT2D eigenvalue weighted by molar-refractivity contribution is 9.11. The number of hydrogen-bond donors (Lipinski definition) is 0. The number of rotatable bonds is 1. The molecule has 0 N–H and O–H groups in total. The van der Waals surface area contributed by atoms with Crippen molar-refractivity contribution in [3.63, 3.8) is 0 Å². The summed E-state index contributed by atoms with van der Waals surface area (Å²) in [6.07, 6.45) is 1.81. The van der Waals surface area contributed by atoms with Crippen molar-refractivity contribution in [3.05, 3.63) is 63.7 Å². The van der Waals surface area contributed by atoms with Crippen molar-refractivity contribution in [2.24, 2.45) is 0 Å². The first-order valence-electron chi connectivity index (χ1n) is 5.56. The van der Waals surface area contributed by atoms with E-state index in [1.54, 1.807) is 0 Å². The highest BCUT2D eigenvalue weighted by Gasteiger charge is 2.20. The van der Waals surface area contributed by atoms with Gasteiger partial charge in [0.2, 0.25) is 0 Å². The van der Waals surface area contributed by atoms with Gasteiger partial charge in [0.25, 0.3) is 0 Å². The number of pyridine rings is 1. The fourth-order valence-electron chi connectivity index (χ4n) is 2.03. The smallest absolute Gasteiger partial charge is 0.0725 e. The zero-order chi connectivity index (χ0) is 12.5. The average molecular weight is 363 g/mol. The Labute approximate surface area is 122 Å². The van der Waals surface area contributed by atoms with Crippen LogP contribution in [0.15, 0.2) is 63.7 Å². The standard InChI is InChI=1S/C15H9Br2N/c16-14-10-6-2-1-3-7-11(10)15(17)13(14)12-8-4-5-9-18-12/h1-9H. The van der Waals surface area contributed by atoms with E-state index in [9.17, 15) is 0 Å². The summed E-state index contributed by atoms with van der Waals surface area (Å²) in [5.74, 6) is 0. The maximum absolute atomic E-state index is 4.42. The van der Waals surface area contributed by atoms with Gasteiger partial charge in [-0.3, -0.25) is 4.98 Å². The number of fused-ring (bicyclic) bond motifs is 1. The maximum Gasteiger partial charge on any atom is 0.0725 e. The summed E-state index contributed by atoms with van der Waals surface area (Å²) < 4.78 is 2.17. The fourth-order valence-corrected chi connectivity index (χ4v) is 3.79. The molecule has 88 valence electrons. The molecule has 18 heavy (non-hydrogen) atoms. The van der Waals surface area contributed by atoms with E-state index >= 15 is 0 Å². The SMILES string of the molecule is Brc1c2cccccc-2c(Br)c1-c1ccccn1. The summed E-state index contributed by atoms with van der Waals surface area (Å²) in [5, 5.41) is 0. The Morgan fingerprint density at radius 2 is 1.33 bits per heavy atom. The van der Waals surface area contributed by atoms with Gasteiger partial charge in [0, 0.05) is 20.7 Å². The average Bonchev–Trinajstić information content (AvgIpc) is 2.60. The van der Waals surface area contributed by atoms with Crippen molar-refractivity contribution >= 4 is 31.9 Å². The zero-order valence-electron chi connectivity index (χ0n) is 9.40. The van der Waals surface area contributed by atoms with Gasteiger partial charge in [-0.05, 0) is 55.1 Å². The number of nitrogens with zero attached hydrogens (tertiary/aromatic N) is 1. The Morgan fingerprint density at radius 1 is 0.722 bits per heavy atom. The molecule has 0 unspecified atom stereocenters. The first kappa shape index (κ1) is 11.9. The lowest BCUT2D eigenvalue weighted by Gasteiger charge is -1.99. The normalized spacial score (nSPS) is 10.8. The Morgan fingerprint density at radius 3 is 1.89 bits per heavy atom. The molecule has 1 aromatic heterocycles. The fraction of sp³-hybridized carbons (Fsp3) is 0. The van der Waals surface area contributed by atoms with Gasteiger partial charge in [0.1, 0.15) is 0 Å². The molecule has 0 radical (unpaired) electrons. The molecule has 1 nitrogen and oxygen atoms in total. The van der Waals surface area contributed by atoms with Crippen molar-refractivity contribution in [3.8, 4) is 22.4 Å². The van der Waals surface area contributed by atoms with Gasteiger partial charge in [-0.25, -0.2) is 0 Å². The van der Waals surface area contributed by atoms with Crippen LogP contribution >= 0.6 is 31.9 Å². The van der Waals surface area contributed by atoms with E-state index in [1.807, 2.05) is 42.6 Å².